The Bertz CT molecular complexity index is 910. The highest BCUT2D eigenvalue weighted by atomic mass is 32.2. The summed E-state index contributed by atoms with van der Waals surface area (Å²) in [5, 5.41) is 0. The largest absolute Gasteiger partial charge is 0.497 e. The van der Waals surface area contributed by atoms with E-state index in [1.54, 1.807) is 60.5 Å². The third-order valence-corrected chi connectivity index (χ3v) is 6.63. The SMILES string of the molecule is COc1cccc(C(=O)N2CCCN(S(=O)(=O)c3ccc(C)cc3)CC2)c1. The molecule has 1 amide bonds. The molecule has 6 nitrogen and oxygen atoms in total. The molecule has 0 spiro atoms. The Morgan fingerprint density at radius 2 is 1.74 bits per heavy atom. The van der Waals surface area contributed by atoms with Gasteiger partial charge in [-0.1, -0.05) is 23.8 Å². The minimum atomic E-state index is -3.55. The molecule has 144 valence electrons. The molecule has 1 aliphatic heterocycles. The Morgan fingerprint density at radius 1 is 1.00 bits per heavy atom. The number of aryl methyl sites for hydroxylation is 1. The van der Waals surface area contributed by atoms with E-state index in [-0.39, 0.29) is 12.5 Å². The van der Waals surface area contributed by atoms with Gasteiger partial charge < -0.3 is 9.64 Å². The number of amides is 1. The zero-order valence-electron chi connectivity index (χ0n) is 15.6. The van der Waals surface area contributed by atoms with E-state index in [1.165, 1.54) is 4.31 Å². The van der Waals surface area contributed by atoms with Crippen molar-refractivity contribution in [3.63, 3.8) is 0 Å². The van der Waals surface area contributed by atoms with Crippen molar-refractivity contribution >= 4 is 15.9 Å². The summed E-state index contributed by atoms with van der Waals surface area (Å²) in [5.41, 5.74) is 1.56. The molecular weight excluding hydrogens is 364 g/mol. The van der Waals surface area contributed by atoms with E-state index >= 15 is 0 Å². The summed E-state index contributed by atoms with van der Waals surface area (Å²) in [7, 11) is -1.99. The van der Waals surface area contributed by atoms with Crippen LogP contribution in [0.5, 0.6) is 5.75 Å². The minimum Gasteiger partial charge on any atom is -0.497 e. The van der Waals surface area contributed by atoms with Crippen LogP contribution in [0.1, 0.15) is 22.3 Å². The van der Waals surface area contributed by atoms with Crippen LogP contribution in [0, 0.1) is 6.92 Å². The van der Waals surface area contributed by atoms with E-state index in [9.17, 15) is 13.2 Å². The number of methoxy groups -OCH3 is 1. The summed E-state index contributed by atoms with van der Waals surface area (Å²) in [6.07, 6.45) is 0.598. The lowest BCUT2D eigenvalue weighted by molar-refractivity contribution is 0.0764. The van der Waals surface area contributed by atoms with Crippen LogP contribution in [0.2, 0.25) is 0 Å². The van der Waals surface area contributed by atoms with Gasteiger partial charge in [0, 0.05) is 31.7 Å². The first-order valence-electron chi connectivity index (χ1n) is 8.92. The molecule has 1 aliphatic rings. The zero-order valence-corrected chi connectivity index (χ0v) is 16.4. The predicted octanol–water partition coefficient (Wildman–Crippen LogP) is 2.54. The van der Waals surface area contributed by atoms with Crippen molar-refractivity contribution in [1.29, 1.82) is 0 Å². The number of sulfonamides is 1. The average Bonchev–Trinajstić information content (AvgIpc) is 2.94. The summed E-state index contributed by atoms with van der Waals surface area (Å²) >= 11 is 0. The minimum absolute atomic E-state index is 0.108. The highest BCUT2D eigenvalue weighted by Gasteiger charge is 2.28. The van der Waals surface area contributed by atoms with Gasteiger partial charge in [-0.2, -0.15) is 4.31 Å². The van der Waals surface area contributed by atoms with Gasteiger partial charge in [0.2, 0.25) is 10.0 Å². The van der Waals surface area contributed by atoms with Crippen LogP contribution in [-0.2, 0) is 10.0 Å². The van der Waals surface area contributed by atoms with Crippen LogP contribution in [0.25, 0.3) is 0 Å². The number of nitrogens with zero attached hydrogens (tertiary/aromatic N) is 2. The summed E-state index contributed by atoms with van der Waals surface area (Å²) in [6.45, 7) is 3.49. The molecule has 1 heterocycles. The Kier molecular flexibility index (Phi) is 5.82. The van der Waals surface area contributed by atoms with E-state index in [1.807, 2.05) is 6.92 Å². The maximum Gasteiger partial charge on any atom is 0.254 e. The van der Waals surface area contributed by atoms with E-state index in [0.717, 1.165) is 5.56 Å². The second kappa shape index (κ2) is 8.10. The Morgan fingerprint density at radius 3 is 2.44 bits per heavy atom. The van der Waals surface area contributed by atoms with Crippen molar-refractivity contribution in [3.05, 3.63) is 59.7 Å². The van der Waals surface area contributed by atoms with Gasteiger partial charge in [-0.15, -0.1) is 0 Å². The van der Waals surface area contributed by atoms with Crippen LogP contribution in [0.3, 0.4) is 0 Å². The molecule has 0 radical (unpaired) electrons. The lowest BCUT2D eigenvalue weighted by Gasteiger charge is -2.22. The fraction of sp³-hybridized carbons (Fsp3) is 0.350. The highest BCUT2D eigenvalue weighted by Crippen LogP contribution is 2.20. The molecule has 0 atom stereocenters. The third-order valence-electron chi connectivity index (χ3n) is 4.72. The molecule has 0 bridgehead atoms. The van der Waals surface area contributed by atoms with Crippen LogP contribution >= 0.6 is 0 Å². The molecular formula is C20H24N2O4S. The van der Waals surface area contributed by atoms with E-state index in [2.05, 4.69) is 0 Å². The van der Waals surface area contributed by atoms with Crippen molar-refractivity contribution in [2.75, 3.05) is 33.3 Å². The fourth-order valence-corrected chi connectivity index (χ4v) is 4.60. The van der Waals surface area contributed by atoms with Gasteiger partial charge in [0.1, 0.15) is 5.75 Å². The summed E-state index contributed by atoms with van der Waals surface area (Å²) in [5.74, 6) is 0.516. The molecule has 3 rings (SSSR count). The average molecular weight is 388 g/mol. The normalized spacial score (nSPS) is 16.0. The van der Waals surface area contributed by atoms with Crippen LogP contribution in [-0.4, -0.2) is 56.8 Å². The van der Waals surface area contributed by atoms with Gasteiger partial charge in [0.15, 0.2) is 0 Å². The standard InChI is InChI=1S/C20H24N2O4S/c1-16-7-9-19(10-8-16)27(24,25)22-12-4-11-21(13-14-22)20(23)17-5-3-6-18(15-17)26-2/h3,5-10,15H,4,11-14H2,1-2H3. The van der Waals surface area contributed by atoms with Crippen molar-refractivity contribution in [2.45, 2.75) is 18.2 Å². The molecule has 0 aliphatic carbocycles. The van der Waals surface area contributed by atoms with E-state index in [4.69, 9.17) is 4.74 Å². The monoisotopic (exact) mass is 388 g/mol. The first kappa shape index (κ1) is 19.4. The maximum absolute atomic E-state index is 12.9. The van der Waals surface area contributed by atoms with Crippen LogP contribution in [0.4, 0.5) is 0 Å². The summed E-state index contributed by atoms with van der Waals surface area (Å²) in [4.78, 5) is 14.8. The smallest absolute Gasteiger partial charge is 0.254 e. The quantitative estimate of drug-likeness (QED) is 0.807. The van der Waals surface area contributed by atoms with Crippen molar-refractivity contribution in [2.24, 2.45) is 0 Å². The lowest BCUT2D eigenvalue weighted by atomic mass is 10.2. The van der Waals surface area contributed by atoms with Gasteiger partial charge in [-0.3, -0.25) is 4.79 Å². The number of ether oxygens (including phenoxy) is 1. The molecule has 0 N–H and O–H groups in total. The van der Waals surface area contributed by atoms with Crippen molar-refractivity contribution < 1.29 is 17.9 Å². The summed E-state index contributed by atoms with van der Waals surface area (Å²) in [6, 6.07) is 13.9. The summed E-state index contributed by atoms with van der Waals surface area (Å²) < 4.78 is 32.4. The number of carbonyl (C=O) groups excluding carboxylic acids is 1. The molecule has 7 heteroatoms. The van der Waals surface area contributed by atoms with Crippen molar-refractivity contribution in [3.8, 4) is 5.75 Å². The molecule has 27 heavy (non-hydrogen) atoms. The Balaban J connectivity index is 1.73. The molecule has 1 fully saturated rings. The molecule has 0 unspecified atom stereocenters. The highest BCUT2D eigenvalue weighted by molar-refractivity contribution is 7.89. The van der Waals surface area contributed by atoms with Crippen molar-refractivity contribution in [1.82, 2.24) is 9.21 Å². The van der Waals surface area contributed by atoms with Gasteiger partial charge in [-0.25, -0.2) is 8.42 Å². The zero-order chi connectivity index (χ0) is 19.4. The fourth-order valence-electron chi connectivity index (χ4n) is 3.14. The number of benzene rings is 2. The van der Waals surface area contributed by atoms with E-state index < -0.39 is 10.0 Å². The molecule has 2 aromatic rings. The molecule has 0 aromatic heterocycles. The Labute approximate surface area is 160 Å². The van der Waals surface area contributed by atoms with Gasteiger partial charge in [-0.05, 0) is 43.7 Å². The van der Waals surface area contributed by atoms with Gasteiger partial charge in [0.05, 0.1) is 12.0 Å². The number of rotatable bonds is 4. The first-order valence-corrected chi connectivity index (χ1v) is 10.4. The predicted molar refractivity (Wildman–Crippen MR) is 103 cm³/mol. The van der Waals surface area contributed by atoms with Crippen LogP contribution in [0.15, 0.2) is 53.4 Å². The number of carbonyl (C=O) groups is 1. The lowest BCUT2D eigenvalue weighted by Crippen LogP contribution is -2.37. The topological polar surface area (TPSA) is 66.9 Å². The second-order valence-corrected chi connectivity index (χ2v) is 8.53. The Hall–Kier alpha value is -2.38. The first-order chi connectivity index (χ1) is 12.9. The van der Waals surface area contributed by atoms with Gasteiger partial charge >= 0.3 is 0 Å². The molecule has 1 saturated heterocycles. The van der Waals surface area contributed by atoms with Crippen LogP contribution < -0.4 is 4.74 Å². The second-order valence-electron chi connectivity index (χ2n) is 6.59. The number of hydrogen-bond acceptors (Lipinski definition) is 4. The third kappa shape index (κ3) is 4.31. The van der Waals surface area contributed by atoms with Gasteiger partial charge in [0.25, 0.3) is 5.91 Å². The molecule has 0 saturated carbocycles. The molecule has 2 aromatic carbocycles. The maximum atomic E-state index is 12.9. The van der Waals surface area contributed by atoms with E-state index in [0.29, 0.717) is 42.3 Å². The number of hydrogen-bond donors (Lipinski definition) is 0.